The third-order valence-corrected chi connectivity index (χ3v) is 4.54. The van der Waals surface area contributed by atoms with Crippen LogP contribution in [0.3, 0.4) is 0 Å². The van der Waals surface area contributed by atoms with E-state index in [-0.39, 0.29) is 0 Å². The monoisotopic (exact) mass is 344 g/mol. The van der Waals surface area contributed by atoms with Crippen LogP contribution in [0.1, 0.15) is 49.7 Å². The van der Waals surface area contributed by atoms with Crippen LogP contribution < -0.4 is 9.47 Å². The molecule has 1 unspecified atom stereocenters. The van der Waals surface area contributed by atoms with Crippen LogP contribution in [-0.2, 0) is 6.54 Å². The maximum atomic E-state index is 5.85. The minimum atomic E-state index is 0.334. The molecule has 2 aromatic rings. The fourth-order valence-electron chi connectivity index (χ4n) is 3.31. The fourth-order valence-corrected chi connectivity index (χ4v) is 3.31. The molecule has 5 heteroatoms. The standard InChI is InChI=1S/C20H28N2O3/c1-14(2)13-24-19-8-7-16(11-20(19)23-4)12-22-9-5-6-18(22)17-10-15(3)25-21-17/h7-8,10-11,14,18H,5-6,9,12-13H2,1-4H3. The topological polar surface area (TPSA) is 47.7 Å². The highest BCUT2D eigenvalue weighted by molar-refractivity contribution is 5.43. The summed E-state index contributed by atoms with van der Waals surface area (Å²) in [6, 6.07) is 8.61. The lowest BCUT2D eigenvalue weighted by Crippen LogP contribution is -2.23. The van der Waals surface area contributed by atoms with Crippen LogP contribution in [0.25, 0.3) is 0 Å². The SMILES string of the molecule is COc1cc(CN2CCCC2c2cc(C)on2)ccc1OCC(C)C. The minimum absolute atomic E-state index is 0.334. The molecule has 1 aliphatic heterocycles. The molecule has 0 aliphatic carbocycles. The largest absolute Gasteiger partial charge is 0.493 e. The second kappa shape index (κ2) is 7.91. The van der Waals surface area contributed by atoms with Gasteiger partial charge in [-0.15, -0.1) is 0 Å². The van der Waals surface area contributed by atoms with Gasteiger partial charge in [-0.05, 0) is 49.9 Å². The second-order valence-electron chi connectivity index (χ2n) is 7.18. The first-order valence-electron chi connectivity index (χ1n) is 9.03. The summed E-state index contributed by atoms with van der Waals surface area (Å²) in [6.07, 6.45) is 2.31. The zero-order chi connectivity index (χ0) is 17.8. The van der Waals surface area contributed by atoms with Gasteiger partial charge in [-0.2, -0.15) is 0 Å². The van der Waals surface area contributed by atoms with Gasteiger partial charge >= 0.3 is 0 Å². The van der Waals surface area contributed by atoms with E-state index in [1.807, 2.05) is 19.1 Å². The van der Waals surface area contributed by atoms with Gasteiger partial charge in [-0.25, -0.2) is 0 Å². The van der Waals surface area contributed by atoms with Crippen molar-refractivity contribution in [3.05, 3.63) is 41.3 Å². The normalized spacial score (nSPS) is 18.0. The van der Waals surface area contributed by atoms with E-state index < -0.39 is 0 Å². The van der Waals surface area contributed by atoms with Gasteiger partial charge in [0.15, 0.2) is 11.5 Å². The summed E-state index contributed by atoms with van der Waals surface area (Å²) in [6.45, 7) is 8.85. The summed E-state index contributed by atoms with van der Waals surface area (Å²) in [7, 11) is 1.69. The van der Waals surface area contributed by atoms with Gasteiger partial charge in [0.05, 0.1) is 19.8 Å². The summed E-state index contributed by atoms with van der Waals surface area (Å²) >= 11 is 0. The van der Waals surface area contributed by atoms with Crippen LogP contribution in [0.4, 0.5) is 0 Å². The van der Waals surface area contributed by atoms with Crippen molar-refractivity contribution >= 4 is 0 Å². The van der Waals surface area contributed by atoms with Gasteiger partial charge in [-0.3, -0.25) is 4.90 Å². The molecule has 0 radical (unpaired) electrons. The Balaban J connectivity index is 1.71. The minimum Gasteiger partial charge on any atom is -0.493 e. The summed E-state index contributed by atoms with van der Waals surface area (Å²) < 4.78 is 16.6. The highest BCUT2D eigenvalue weighted by atomic mass is 16.5. The van der Waals surface area contributed by atoms with Crippen LogP contribution in [-0.4, -0.2) is 30.3 Å². The third kappa shape index (κ3) is 4.34. The number of aryl methyl sites for hydroxylation is 1. The van der Waals surface area contributed by atoms with Crippen LogP contribution in [0.15, 0.2) is 28.8 Å². The Morgan fingerprint density at radius 1 is 1.28 bits per heavy atom. The summed E-state index contributed by atoms with van der Waals surface area (Å²) in [4.78, 5) is 2.46. The third-order valence-electron chi connectivity index (χ3n) is 4.54. The molecule has 1 fully saturated rings. The molecule has 0 bridgehead atoms. The Morgan fingerprint density at radius 2 is 2.12 bits per heavy atom. The Bertz CT molecular complexity index is 696. The van der Waals surface area contributed by atoms with Crippen molar-refractivity contribution in [2.24, 2.45) is 5.92 Å². The van der Waals surface area contributed by atoms with E-state index in [0.29, 0.717) is 18.6 Å². The summed E-state index contributed by atoms with van der Waals surface area (Å²) in [5.74, 6) is 2.96. The van der Waals surface area contributed by atoms with Crippen LogP contribution in [0.2, 0.25) is 0 Å². The van der Waals surface area contributed by atoms with E-state index in [4.69, 9.17) is 14.0 Å². The molecule has 1 atom stereocenters. The molecule has 0 spiro atoms. The van der Waals surface area contributed by atoms with Gasteiger partial charge in [0.25, 0.3) is 0 Å². The molecular weight excluding hydrogens is 316 g/mol. The predicted octanol–water partition coefficient (Wildman–Crippen LogP) is 4.36. The smallest absolute Gasteiger partial charge is 0.161 e. The molecule has 2 heterocycles. The molecule has 1 aliphatic rings. The number of benzene rings is 1. The first-order chi connectivity index (χ1) is 12.1. The summed E-state index contributed by atoms with van der Waals surface area (Å²) in [5, 5.41) is 4.22. The van der Waals surface area contributed by atoms with Gasteiger partial charge in [0.2, 0.25) is 0 Å². The van der Waals surface area contributed by atoms with Crippen molar-refractivity contribution in [3.8, 4) is 11.5 Å². The molecule has 25 heavy (non-hydrogen) atoms. The van der Waals surface area contributed by atoms with Crippen molar-refractivity contribution in [1.29, 1.82) is 0 Å². The Labute approximate surface area is 149 Å². The Kier molecular flexibility index (Phi) is 5.63. The molecule has 1 saturated heterocycles. The zero-order valence-electron chi connectivity index (χ0n) is 15.6. The van der Waals surface area contributed by atoms with E-state index >= 15 is 0 Å². The van der Waals surface area contributed by atoms with Crippen LogP contribution in [0, 0.1) is 12.8 Å². The number of likely N-dealkylation sites (tertiary alicyclic amines) is 1. The molecule has 0 N–H and O–H groups in total. The van der Waals surface area contributed by atoms with Crippen LogP contribution in [0.5, 0.6) is 11.5 Å². The second-order valence-corrected chi connectivity index (χ2v) is 7.18. The maximum absolute atomic E-state index is 5.85. The Hall–Kier alpha value is -2.01. The van der Waals surface area contributed by atoms with Crippen LogP contribution >= 0.6 is 0 Å². The first-order valence-corrected chi connectivity index (χ1v) is 9.03. The first kappa shape index (κ1) is 17.8. The van der Waals surface area contributed by atoms with E-state index in [0.717, 1.165) is 42.5 Å². The molecule has 1 aromatic heterocycles. The van der Waals surface area contributed by atoms with Crippen molar-refractivity contribution < 1.29 is 14.0 Å². The molecule has 0 saturated carbocycles. The zero-order valence-corrected chi connectivity index (χ0v) is 15.6. The van der Waals surface area contributed by atoms with Gasteiger partial charge in [-0.1, -0.05) is 25.1 Å². The molecule has 136 valence electrons. The maximum Gasteiger partial charge on any atom is 0.161 e. The average molecular weight is 344 g/mol. The molecule has 3 rings (SSSR count). The predicted molar refractivity (Wildman–Crippen MR) is 97.0 cm³/mol. The fraction of sp³-hybridized carbons (Fsp3) is 0.550. The number of nitrogens with zero attached hydrogens (tertiary/aromatic N) is 2. The molecule has 5 nitrogen and oxygen atoms in total. The van der Waals surface area contributed by atoms with E-state index in [2.05, 4.69) is 36.0 Å². The van der Waals surface area contributed by atoms with Gasteiger partial charge < -0.3 is 14.0 Å². The number of methoxy groups -OCH3 is 1. The highest BCUT2D eigenvalue weighted by Gasteiger charge is 2.28. The van der Waals surface area contributed by atoms with Gasteiger partial charge in [0, 0.05) is 12.6 Å². The number of aromatic nitrogens is 1. The molecule has 1 aromatic carbocycles. The number of hydrogen-bond acceptors (Lipinski definition) is 5. The highest BCUT2D eigenvalue weighted by Crippen LogP contribution is 2.34. The van der Waals surface area contributed by atoms with Gasteiger partial charge in [0.1, 0.15) is 11.5 Å². The lowest BCUT2D eigenvalue weighted by Gasteiger charge is -2.23. The number of ether oxygens (including phenoxy) is 2. The van der Waals surface area contributed by atoms with Crippen molar-refractivity contribution in [2.75, 3.05) is 20.3 Å². The summed E-state index contributed by atoms with van der Waals surface area (Å²) in [5.41, 5.74) is 2.26. The Morgan fingerprint density at radius 3 is 2.80 bits per heavy atom. The number of hydrogen-bond donors (Lipinski definition) is 0. The lowest BCUT2D eigenvalue weighted by atomic mass is 10.1. The van der Waals surface area contributed by atoms with E-state index in [1.54, 1.807) is 7.11 Å². The quantitative estimate of drug-likeness (QED) is 0.747. The van der Waals surface area contributed by atoms with E-state index in [1.165, 1.54) is 12.0 Å². The molecular formula is C20H28N2O3. The van der Waals surface area contributed by atoms with Crippen molar-refractivity contribution in [3.63, 3.8) is 0 Å². The average Bonchev–Trinajstić information content (AvgIpc) is 3.22. The van der Waals surface area contributed by atoms with Crippen molar-refractivity contribution in [2.45, 2.75) is 46.2 Å². The van der Waals surface area contributed by atoms with Crippen molar-refractivity contribution in [1.82, 2.24) is 10.1 Å². The molecule has 0 amide bonds. The number of rotatable bonds is 7. The van der Waals surface area contributed by atoms with E-state index in [9.17, 15) is 0 Å². The lowest BCUT2D eigenvalue weighted by molar-refractivity contribution is 0.235.